The molecule has 0 aliphatic rings. The summed E-state index contributed by atoms with van der Waals surface area (Å²) in [4.78, 5) is 30.3. The van der Waals surface area contributed by atoms with Crippen LogP contribution in [0.25, 0.3) is 0 Å². The van der Waals surface area contributed by atoms with Gasteiger partial charge in [-0.3, -0.25) is 14.6 Å². The largest absolute Gasteiger partial charge is 0.417 e. The van der Waals surface area contributed by atoms with Gasteiger partial charge in [0.1, 0.15) is 0 Å². The van der Waals surface area contributed by atoms with E-state index < -0.39 is 49.9 Å². The van der Waals surface area contributed by atoms with E-state index in [0.717, 1.165) is 12.1 Å². The molecule has 3 aromatic rings. The van der Waals surface area contributed by atoms with Crippen LogP contribution in [0.5, 0.6) is 0 Å². The summed E-state index contributed by atoms with van der Waals surface area (Å²) in [5.41, 5.74) is 0.336. The third kappa shape index (κ3) is 13.3. The molecule has 1 heterocycles. The van der Waals surface area contributed by atoms with E-state index in [1.165, 1.54) is 30.6 Å². The Bertz CT molecular complexity index is 1940. The lowest BCUT2D eigenvalue weighted by atomic mass is 10.1. The Morgan fingerprint density at radius 2 is 1.33 bits per heavy atom. The minimum atomic E-state index is -4.57. The van der Waals surface area contributed by atoms with Gasteiger partial charge < -0.3 is 14.2 Å². The van der Waals surface area contributed by atoms with Crippen LogP contribution in [0.3, 0.4) is 0 Å². The SMILES string of the molecule is CC(C)(C)[Si](C)(C)OCCCS(=O)(CCCO[Si](C)(C)C(C)(C)C)=NC(=O)c1cncc(C#Cc2cccc(NC(=O)c3cccc(C(F)(F)F)c3)c2)c1. The second-order valence-corrected chi connectivity index (χ2v) is 28.5. The highest BCUT2D eigenvalue weighted by Gasteiger charge is 2.38. The fourth-order valence-corrected chi connectivity index (χ4v) is 8.65. The van der Waals surface area contributed by atoms with E-state index in [9.17, 15) is 27.0 Å². The molecule has 8 nitrogen and oxygen atoms in total. The molecule has 0 spiro atoms. The molecule has 294 valence electrons. The van der Waals surface area contributed by atoms with E-state index in [1.54, 1.807) is 24.3 Å². The first kappa shape index (κ1) is 44.8. The van der Waals surface area contributed by atoms with Crippen LogP contribution >= 0.6 is 0 Å². The average molecular weight is 802 g/mol. The van der Waals surface area contributed by atoms with Gasteiger partial charge in [0.25, 0.3) is 11.8 Å². The number of hydrogen-bond donors (Lipinski definition) is 1. The fourth-order valence-electron chi connectivity index (χ4n) is 4.54. The fraction of sp³-hybridized carbons (Fsp3) is 0.475. The zero-order valence-electron chi connectivity index (χ0n) is 33.1. The number of amides is 2. The van der Waals surface area contributed by atoms with Gasteiger partial charge in [-0.25, -0.2) is 4.21 Å². The zero-order chi connectivity index (χ0) is 40.6. The molecule has 14 heteroatoms. The Morgan fingerprint density at radius 1 is 0.778 bits per heavy atom. The molecule has 0 bridgehead atoms. The van der Waals surface area contributed by atoms with Crippen molar-refractivity contribution in [2.45, 2.75) is 96.8 Å². The Hall–Kier alpha value is -3.62. The molecule has 0 aliphatic heterocycles. The zero-order valence-corrected chi connectivity index (χ0v) is 35.9. The van der Waals surface area contributed by atoms with Gasteiger partial charge >= 0.3 is 6.18 Å². The van der Waals surface area contributed by atoms with Crippen molar-refractivity contribution < 1.29 is 35.8 Å². The monoisotopic (exact) mass is 801 g/mol. The lowest BCUT2D eigenvalue weighted by molar-refractivity contribution is -0.137. The quantitative estimate of drug-likeness (QED) is 0.105. The minimum Gasteiger partial charge on any atom is -0.417 e. The number of hydrogen-bond acceptors (Lipinski definition) is 6. The predicted octanol–water partition coefficient (Wildman–Crippen LogP) is 10.2. The van der Waals surface area contributed by atoms with Crippen molar-refractivity contribution >= 4 is 43.9 Å². The van der Waals surface area contributed by atoms with Gasteiger partial charge in [-0.1, -0.05) is 65.5 Å². The number of rotatable bonds is 13. The molecule has 0 unspecified atom stereocenters. The van der Waals surface area contributed by atoms with Gasteiger partial charge in [0, 0.05) is 59.5 Å². The topological polar surface area (TPSA) is 107 Å². The summed E-state index contributed by atoms with van der Waals surface area (Å²) < 4.78 is 70.6. The maximum absolute atomic E-state index is 14.3. The lowest BCUT2D eigenvalue weighted by Crippen LogP contribution is -2.41. The van der Waals surface area contributed by atoms with Crippen molar-refractivity contribution in [3.8, 4) is 11.8 Å². The second-order valence-electron chi connectivity index (χ2n) is 16.3. The number of nitrogens with zero attached hydrogens (tertiary/aromatic N) is 2. The van der Waals surface area contributed by atoms with Crippen molar-refractivity contribution in [1.29, 1.82) is 0 Å². The molecule has 0 atom stereocenters. The highest BCUT2D eigenvalue weighted by molar-refractivity contribution is 7.93. The molecule has 0 saturated carbocycles. The van der Waals surface area contributed by atoms with Crippen molar-refractivity contribution in [2.75, 3.05) is 30.0 Å². The normalized spacial score (nSPS) is 12.8. The van der Waals surface area contributed by atoms with E-state index in [1.807, 2.05) is 0 Å². The van der Waals surface area contributed by atoms with Gasteiger partial charge in [0.15, 0.2) is 16.6 Å². The average Bonchev–Trinajstić information content (AvgIpc) is 3.07. The van der Waals surface area contributed by atoms with Crippen molar-refractivity contribution in [1.82, 2.24) is 4.98 Å². The van der Waals surface area contributed by atoms with Crippen LogP contribution in [-0.2, 0) is 24.8 Å². The van der Waals surface area contributed by atoms with E-state index in [4.69, 9.17) is 8.85 Å². The third-order valence-corrected chi connectivity index (χ3v) is 21.3. The standard InChI is InChI=1S/C40H54F3N3O5SSi2/c1-38(2,3)53(7,8)50-21-13-23-52(49,24-14-22-51-54(9,10)39(4,5)6)46-37(48)33-25-31(28-44-29-33)20-19-30-15-11-18-35(26-30)45-36(47)32-16-12-17-34(27-32)40(41,42)43/h11-12,15-18,25-29H,13-14,21-24H2,1-10H3,(H,45,47). The highest BCUT2D eigenvalue weighted by Crippen LogP contribution is 2.37. The summed E-state index contributed by atoms with van der Waals surface area (Å²) in [5.74, 6) is 4.98. The molecule has 2 amide bonds. The molecule has 1 aromatic heterocycles. The predicted molar refractivity (Wildman–Crippen MR) is 216 cm³/mol. The van der Waals surface area contributed by atoms with Gasteiger partial charge in [0.2, 0.25) is 0 Å². The number of anilines is 1. The first-order valence-electron chi connectivity index (χ1n) is 17.9. The number of carbonyl (C=O) groups excluding carboxylic acids is 2. The molecule has 0 aliphatic carbocycles. The Kier molecular flexibility index (Phi) is 14.8. The summed E-state index contributed by atoms with van der Waals surface area (Å²) in [7, 11) is -6.98. The molecular weight excluding hydrogens is 748 g/mol. The van der Waals surface area contributed by atoms with E-state index >= 15 is 0 Å². The van der Waals surface area contributed by atoms with Crippen molar-refractivity contribution in [3.63, 3.8) is 0 Å². The number of nitrogens with one attached hydrogen (secondary N) is 1. The van der Waals surface area contributed by atoms with Crippen LogP contribution in [0.4, 0.5) is 18.9 Å². The second kappa shape index (κ2) is 17.9. The first-order chi connectivity index (χ1) is 24.8. The third-order valence-electron chi connectivity index (χ3n) is 9.91. The highest BCUT2D eigenvalue weighted by atomic mass is 32.2. The van der Waals surface area contributed by atoms with E-state index in [2.05, 4.69) is 94.2 Å². The summed E-state index contributed by atoms with van der Waals surface area (Å²) in [6, 6.07) is 12.2. The molecule has 0 saturated heterocycles. The number of alkyl halides is 3. The smallest absolute Gasteiger partial charge is 0.416 e. The van der Waals surface area contributed by atoms with Gasteiger partial charge in [-0.15, -0.1) is 0 Å². The van der Waals surface area contributed by atoms with Crippen molar-refractivity contribution in [2.24, 2.45) is 4.36 Å². The molecule has 54 heavy (non-hydrogen) atoms. The minimum absolute atomic E-state index is 0.0328. The molecule has 2 aromatic carbocycles. The Labute approximate surface area is 321 Å². The molecule has 1 N–H and O–H groups in total. The molecule has 0 radical (unpaired) electrons. The number of aromatic nitrogens is 1. The maximum Gasteiger partial charge on any atom is 0.416 e. The number of halogens is 3. The van der Waals surface area contributed by atoms with Gasteiger partial charge in [0.05, 0.1) is 20.9 Å². The van der Waals surface area contributed by atoms with Crippen LogP contribution in [-0.4, -0.2) is 62.4 Å². The molecular formula is C40H54F3N3O5SSi2. The van der Waals surface area contributed by atoms with Crippen LogP contribution in [0.2, 0.25) is 36.3 Å². The number of benzene rings is 2. The summed E-state index contributed by atoms with van der Waals surface area (Å²) in [6.45, 7) is 22.5. The van der Waals surface area contributed by atoms with E-state index in [0.29, 0.717) is 42.9 Å². The Balaban J connectivity index is 1.78. The molecule has 3 rings (SSSR count). The van der Waals surface area contributed by atoms with Gasteiger partial charge in [-0.2, -0.15) is 17.5 Å². The van der Waals surface area contributed by atoms with E-state index in [-0.39, 0.29) is 32.7 Å². The first-order valence-corrected chi connectivity index (χ1v) is 25.6. The van der Waals surface area contributed by atoms with Crippen molar-refractivity contribution in [3.05, 3.63) is 94.8 Å². The van der Waals surface area contributed by atoms with Crippen LogP contribution in [0.1, 0.15) is 91.8 Å². The number of pyridine rings is 1. The molecule has 0 fully saturated rings. The van der Waals surface area contributed by atoms with Crippen LogP contribution < -0.4 is 5.32 Å². The lowest BCUT2D eigenvalue weighted by Gasteiger charge is -2.36. The summed E-state index contributed by atoms with van der Waals surface area (Å²) in [6.07, 6.45) is -0.739. The summed E-state index contributed by atoms with van der Waals surface area (Å²) in [5, 5.41) is 2.67. The Morgan fingerprint density at radius 3 is 1.89 bits per heavy atom. The van der Waals surface area contributed by atoms with Crippen LogP contribution in [0, 0.1) is 11.8 Å². The summed E-state index contributed by atoms with van der Waals surface area (Å²) >= 11 is 0. The van der Waals surface area contributed by atoms with Crippen LogP contribution in [0.15, 0.2) is 71.4 Å². The number of carbonyl (C=O) groups is 2. The maximum atomic E-state index is 14.3. The van der Waals surface area contributed by atoms with Gasteiger partial charge in [-0.05, 0) is 91.6 Å².